The van der Waals surface area contributed by atoms with Gasteiger partial charge in [-0.25, -0.2) is 9.07 Å². The van der Waals surface area contributed by atoms with Gasteiger partial charge in [0.2, 0.25) is 5.91 Å². The van der Waals surface area contributed by atoms with Gasteiger partial charge in [0.1, 0.15) is 5.82 Å². The summed E-state index contributed by atoms with van der Waals surface area (Å²) in [5.41, 5.74) is 2.59. The van der Waals surface area contributed by atoms with Gasteiger partial charge in [-0.05, 0) is 80.0 Å². The van der Waals surface area contributed by atoms with Gasteiger partial charge >= 0.3 is 0 Å². The second-order valence-corrected chi connectivity index (χ2v) is 9.46. The van der Waals surface area contributed by atoms with Crippen molar-refractivity contribution in [2.24, 2.45) is 5.92 Å². The third-order valence-corrected chi connectivity index (χ3v) is 6.46. The van der Waals surface area contributed by atoms with E-state index in [1.807, 2.05) is 44.3 Å². The Bertz CT molecular complexity index is 1330. The first-order valence-electron chi connectivity index (χ1n) is 12.0. The van der Waals surface area contributed by atoms with E-state index in [1.54, 1.807) is 33.9 Å². The Kier molecular flexibility index (Phi) is 6.36. The maximum atomic E-state index is 13.5. The first kappa shape index (κ1) is 23.8. The lowest BCUT2D eigenvalue weighted by atomic mass is 9.93. The molecule has 1 aliphatic carbocycles. The van der Waals surface area contributed by atoms with Crippen molar-refractivity contribution in [2.45, 2.75) is 38.5 Å². The van der Waals surface area contributed by atoms with Gasteiger partial charge in [0.05, 0.1) is 30.1 Å². The Morgan fingerprint density at radius 2 is 1.83 bits per heavy atom. The van der Waals surface area contributed by atoms with E-state index in [0.717, 1.165) is 16.8 Å². The van der Waals surface area contributed by atoms with Crippen molar-refractivity contribution in [3.8, 4) is 5.69 Å². The summed E-state index contributed by atoms with van der Waals surface area (Å²) < 4.78 is 21.1. The molecule has 0 saturated carbocycles. The fourth-order valence-electron chi connectivity index (χ4n) is 4.74. The van der Waals surface area contributed by atoms with E-state index in [4.69, 9.17) is 4.74 Å². The number of nitrogens with zero attached hydrogens (tertiary/aromatic N) is 4. The van der Waals surface area contributed by atoms with Crippen molar-refractivity contribution < 1.29 is 18.7 Å². The molecule has 0 radical (unpaired) electrons. The molecule has 8 heteroatoms. The highest BCUT2D eigenvalue weighted by Crippen LogP contribution is 2.34. The number of rotatable bonds is 6. The van der Waals surface area contributed by atoms with E-state index in [2.05, 4.69) is 10.3 Å². The highest BCUT2D eigenvalue weighted by atomic mass is 19.1. The zero-order chi connectivity index (χ0) is 25.3. The van der Waals surface area contributed by atoms with E-state index in [-0.39, 0.29) is 30.2 Å². The molecular weight excluding hydrogens is 459 g/mol. The van der Waals surface area contributed by atoms with E-state index in [1.165, 1.54) is 24.3 Å². The lowest BCUT2D eigenvalue weighted by Crippen LogP contribution is -2.61. The number of ketones is 1. The smallest absolute Gasteiger partial charge is 0.231 e. The van der Waals surface area contributed by atoms with Crippen LogP contribution >= 0.6 is 0 Å². The molecule has 2 heterocycles. The Labute approximate surface area is 208 Å². The number of amides is 1. The van der Waals surface area contributed by atoms with Gasteiger partial charge in [0, 0.05) is 12.5 Å². The number of aromatic nitrogens is 3. The quantitative estimate of drug-likeness (QED) is 0.530. The second kappa shape index (κ2) is 9.62. The van der Waals surface area contributed by atoms with Crippen LogP contribution in [-0.4, -0.2) is 50.0 Å². The normalized spacial score (nSPS) is 19.0. The third kappa shape index (κ3) is 4.77. The Morgan fingerprint density at radius 1 is 1.08 bits per heavy atom. The number of ether oxygens (including phenoxy) is 1. The highest BCUT2D eigenvalue weighted by molar-refractivity contribution is 6.01. The molecule has 36 heavy (non-hydrogen) atoms. The summed E-state index contributed by atoms with van der Waals surface area (Å²) in [6.07, 6.45) is 9.08. The lowest BCUT2D eigenvalue weighted by Gasteiger charge is -2.48. The van der Waals surface area contributed by atoms with Crippen LogP contribution in [-0.2, 0) is 27.2 Å². The molecule has 184 valence electrons. The molecule has 1 saturated heterocycles. The summed E-state index contributed by atoms with van der Waals surface area (Å²) in [6.45, 7) is 4.07. The number of carbonyl (C=O) groups excluding carboxylic acids is 2. The van der Waals surface area contributed by atoms with Crippen LogP contribution in [0.1, 0.15) is 30.7 Å². The largest absolute Gasteiger partial charge is 0.347 e. The Hall–Kier alpha value is -3.91. The molecule has 3 aromatic rings. The SMILES string of the molecule is CC(C)N1C(=O)C(Cc2cn(-c3cccc(Cc4ccc(F)cc4)c3)nn2)COC12C=CC(=O)C=C2. The van der Waals surface area contributed by atoms with Crippen molar-refractivity contribution in [3.63, 3.8) is 0 Å². The van der Waals surface area contributed by atoms with Gasteiger partial charge < -0.3 is 9.64 Å². The van der Waals surface area contributed by atoms with Crippen LogP contribution in [0.5, 0.6) is 0 Å². The maximum absolute atomic E-state index is 13.5. The van der Waals surface area contributed by atoms with E-state index in [9.17, 15) is 14.0 Å². The average molecular weight is 487 g/mol. The highest BCUT2D eigenvalue weighted by Gasteiger charge is 2.46. The van der Waals surface area contributed by atoms with Crippen molar-refractivity contribution in [1.29, 1.82) is 0 Å². The van der Waals surface area contributed by atoms with Crippen LogP contribution in [0, 0.1) is 11.7 Å². The molecule has 0 N–H and O–H groups in total. The summed E-state index contributed by atoms with van der Waals surface area (Å²) in [7, 11) is 0. The van der Waals surface area contributed by atoms with Gasteiger partial charge in [-0.15, -0.1) is 5.10 Å². The molecule has 1 unspecified atom stereocenters. The molecule has 1 atom stereocenters. The monoisotopic (exact) mass is 486 g/mol. The summed E-state index contributed by atoms with van der Waals surface area (Å²) in [5, 5.41) is 8.57. The first-order chi connectivity index (χ1) is 17.3. The molecule has 1 amide bonds. The predicted octanol–water partition coefficient (Wildman–Crippen LogP) is 3.81. The summed E-state index contributed by atoms with van der Waals surface area (Å²) in [6, 6.07) is 14.3. The first-order valence-corrected chi connectivity index (χ1v) is 12.0. The van der Waals surface area contributed by atoms with Gasteiger partial charge in [-0.1, -0.05) is 29.5 Å². The number of hydrogen-bond acceptors (Lipinski definition) is 5. The fraction of sp³-hybridized carbons (Fsp3) is 0.286. The average Bonchev–Trinajstić information content (AvgIpc) is 3.33. The van der Waals surface area contributed by atoms with Crippen LogP contribution in [0.4, 0.5) is 4.39 Å². The molecule has 1 aromatic heterocycles. The summed E-state index contributed by atoms with van der Waals surface area (Å²) in [5.74, 6) is -0.832. The minimum Gasteiger partial charge on any atom is -0.347 e. The number of benzene rings is 2. The zero-order valence-electron chi connectivity index (χ0n) is 20.2. The Morgan fingerprint density at radius 3 is 2.56 bits per heavy atom. The van der Waals surface area contributed by atoms with Crippen LogP contribution in [0.2, 0.25) is 0 Å². The third-order valence-electron chi connectivity index (χ3n) is 6.46. The molecule has 1 fully saturated rings. The van der Waals surface area contributed by atoms with Crippen molar-refractivity contribution in [1.82, 2.24) is 19.9 Å². The van der Waals surface area contributed by atoms with Crippen LogP contribution in [0.15, 0.2) is 79.0 Å². The maximum Gasteiger partial charge on any atom is 0.231 e. The summed E-state index contributed by atoms with van der Waals surface area (Å²) in [4.78, 5) is 26.8. The minimum absolute atomic E-state index is 0.0456. The minimum atomic E-state index is -1.03. The standard InChI is InChI=1S/C28H27FN4O3/c1-19(2)33-27(35)22(18-36-28(33)12-10-26(34)11-13-28)16-24-17-32(31-30-24)25-5-3-4-21(15-25)14-20-6-8-23(29)9-7-20/h3-13,15,17,19,22H,14,16,18H2,1-2H3. The molecule has 2 aliphatic rings. The lowest BCUT2D eigenvalue weighted by molar-refractivity contribution is -0.185. The molecule has 1 aliphatic heterocycles. The van der Waals surface area contributed by atoms with Crippen molar-refractivity contribution >= 4 is 11.7 Å². The van der Waals surface area contributed by atoms with E-state index >= 15 is 0 Å². The van der Waals surface area contributed by atoms with Gasteiger partial charge in [-0.3, -0.25) is 9.59 Å². The fourth-order valence-corrected chi connectivity index (χ4v) is 4.74. The number of halogens is 1. The van der Waals surface area contributed by atoms with Crippen LogP contribution in [0.3, 0.4) is 0 Å². The van der Waals surface area contributed by atoms with Crippen molar-refractivity contribution in [2.75, 3.05) is 6.61 Å². The molecule has 7 nitrogen and oxygen atoms in total. The van der Waals surface area contributed by atoms with E-state index < -0.39 is 11.6 Å². The molecule has 0 bridgehead atoms. The second-order valence-electron chi connectivity index (χ2n) is 9.46. The number of allylic oxidation sites excluding steroid dienone is 2. The summed E-state index contributed by atoms with van der Waals surface area (Å²) >= 11 is 0. The Balaban J connectivity index is 1.30. The van der Waals surface area contributed by atoms with Gasteiger partial charge in [0.25, 0.3) is 0 Å². The molecule has 5 rings (SSSR count). The predicted molar refractivity (Wildman–Crippen MR) is 132 cm³/mol. The van der Waals surface area contributed by atoms with Crippen LogP contribution < -0.4 is 0 Å². The molecular formula is C28H27FN4O3. The molecule has 1 spiro atoms. The van der Waals surface area contributed by atoms with Gasteiger partial charge in [-0.2, -0.15) is 0 Å². The number of carbonyl (C=O) groups is 2. The topological polar surface area (TPSA) is 77.3 Å². The van der Waals surface area contributed by atoms with E-state index in [0.29, 0.717) is 18.5 Å². The van der Waals surface area contributed by atoms with Gasteiger partial charge in [0.15, 0.2) is 11.5 Å². The van der Waals surface area contributed by atoms with Crippen molar-refractivity contribution in [3.05, 3.63) is 102 Å². The zero-order valence-corrected chi connectivity index (χ0v) is 20.2. The molecule has 2 aromatic carbocycles. The van der Waals surface area contributed by atoms with Crippen LogP contribution in [0.25, 0.3) is 5.69 Å². The number of hydrogen-bond donors (Lipinski definition) is 0.